The van der Waals surface area contributed by atoms with Gasteiger partial charge in [0.05, 0.1) is 19.2 Å². The Kier molecular flexibility index (Phi) is 3.69. The van der Waals surface area contributed by atoms with Gasteiger partial charge in [0.25, 0.3) is 0 Å². The van der Waals surface area contributed by atoms with Gasteiger partial charge < -0.3 is 9.72 Å². The normalized spacial score (nSPS) is 10.5. The highest BCUT2D eigenvalue weighted by atomic mass is 16.5. The molecule has 19 heavy (non-hydrogen) atoms. The SMILES string of the molecule is COc1ccc(C)cc1-c1nc(CC(C)=O)[nH]c1C. The van der Waals surface area contributed by atoms with Crippen LogP contribution in [0.4, 0.5) is 0 Å². The molecule has 0 amide bonds. The standard InChI is InChI=1S/C15H18N2O2/c1-9-5-6-13(19-4)12(7-9)15-11(3)16-14(17-15)8-10(2)18/h5-7H,8H2,1-4H3,(H,16,17). The van der Waals surface area contributed by atoms with Crippen LogP contribution in [0.3, 0.4) is 0 Å². The quantitative estimate of drug-likeness (QED) is 0.917. The summed E-state index contributed by atoms with van der Waals surface area (Å²) in [6.45, 7) is 5.54. The van der Waals surface area contributed by atoms with Crippen LogP contribution in [0.25, 0.3) is 11.3 Å². The van der Waals surface area contributed by atoms with Gasteiger partial charge in [0.15, 0.2) is 0 Å². The van der Waals surface area contributed by atoms with Gasteiger partial charge in [-0.2, -0.15) is 0 Å². The van der Waals surface area contributed by atoms with E-state index in [1.54, 1.807) is 14.0 Å². The average molecular weight is 258 g/mol. The summed E-state index contributed by atoms with van der Waals surface area (Å²) in [6.07, 6.45) is 0.328. The number of H-pyrrole nitrogens is 1. The van der Waals surface area contributed by atoms with Gasteiger partial charge in [-0.3, -0.25) is 4.79 Å². The van der Waals surface area contributed by atoms with Crippen LogP contribution in [-0.2, 0) is 11.2 Å². The van der Waals surface area contributed by atoms with Crippen LogP contribution in [0.1, 0.15) is 24.0 Å². The Morgan fingerprint density at radius 3 is 2.74 bits per heavy atom. The molecule has 1 N–H and O–H groups in total. The lowest BCUT2D eigenvalue weighted by atomic mass is 10.1. The van der Waals surface area contributed by atoms with Crippen molar-refractivity contribution in [2.24, 2.45) is 0 Å². The van der Waals surface area contributed by atoms with Gasteiger partial charge in [0, 0.05) is 11.3 Å². The molecular weight excluding hydrogens is 240 g/mol. The number of rotatable bonds is 4. The van der Waals surface area contributed by atoms with Crippen LogP contribution in [0.2, 0.25) is 0 Å². The molecule has 100 valence electrons. The van der Waals surface area contributed by atoms with E-state index in [4.69, 9.17) is 4.74 Å². The highest BCUT2D eigenvalue weighted by molar-refractivity contribution is 5.78. The van der Waals surface area contributed by atoms with Gasteiger partial charge >= 0.3 is 0 Å². The summed E-state index contributed by atoms with van der Waals surface area (Å²) in [5.74, 6) is 1.58. The van der Waals surface area contributed by atoms with Crippen molar-refractivity contribution in [3.05, 3.63) is 35.3 Å². The molecule has 4 heteroatoms. The van der Waals surface area contributed by atoms with Gasteiger partial charge in [-0.1, -0.05) is 11.6 Å². The second-order valence-corrected chi connectivity index (χ2v) is 4.74. The summed E-state index contributed by atoms with van der Waals surface area (Å²) < 4.78 is 5.38. The number of imidazole rings is 1. The smallest absolute Gasteiger partial charge is 0.137 e. The minimum Gasteiger partial charge on any atom is -0.496 e. The van der Waals surface area contributed by atoms with Crippen LogP contribution < -0.4 is 4.74 Å². The molecule has 4 nitrogen and oxygen atoms in total. The molecule has 0 bridgehead atoms. The molecule has 0 fully saturated rings. The largest absolute Gasteiger partial charge is 0.496 e. The lowest BCUT2D eigenvalue weighted by Gasteiger charge is -2.08. The minimum absolute atomic E-state index is 0.0940. The number of aromatic nitrogens is 2. The highest BCUT2D eigenvalue weighted by Gasteiger charge is 2.14. The zero-order valence-corrected chi connectivity index (χ0v) is 11.7. The summed E-state index contributed by atoms with van der Waals surface area (Å²) >= 11 is 0. The number of aromatic amines is 1. The van der Waals surface area contributed by atoms with Gasteiger partial charge in [-0.25, -0.2) is 4.98 Å². The number of benzene rings is 1. The Hall–Kier alpha value is -2.10. The van der Waals surface area contributed by atoms with Gasteiger partial charge in [-0.05, 0) is 32.9 Å². The summed E-state index contributed by atoms with van der Waals surface area (Å²) in [4.78, 5) is 18.8. The monoisotopic (exact) mass is 258 g/mol. The van der Waals surface area contributed by atoms with Crippen LogP contribution in [-0.4, -0.2) is 22.9 Å². The number of nitrogens with zero attached hydrogens (tertiary/aromatic N) is 1. The zero-order valence-electron chi connectivity index (χ0n) is 11.7. The number of ether oxygens (including phenoxy) is 1. The lowest BCUT2D eigenvalue weighted by Crippen LogP contribution is -1.98. The minimum atomic E-state index is 0.0940. The van der Waals surface area contributed by atoms with Crippen molar-refractivity contribution in [3.63, 3.8) is 0 Å². The fraction of sp³-hybridized carbons (Fsp3) is 0.333. The first-order valence-corrected chi connectivity index (χ1v) is 6.21. The molecule has 0 saturated heterocycles. The number of Topliss-reactive ketones (excluding diaryl/α,β-unsaturated/α-hetero) is 1. The first-order chi connectivity index (χ1) is 9.01. The molecule has 0 radical (unpaired) electrons. The number of hydrogen-bond acceptors (Lipinski definition) is 3. The molecule has 1 heterocycles. The molecule has 2 aromatic rings. The fourth-order valence-corrected chi connectivity index (χ4v) is 2.11. The number of nitrogens with one attached hydrogen (secondary N) is 1. The summed E-state index contributed by atoms with van der Waals surface area (Å²) in [7, 11) is 1.65. The summed E-state index contributed by atoms with van der Waals surface area (Å²) in [5.41, 5.74) is 3.88. The van der Waals surface area contributed by atoms with Crippen molar-refractivity contribution in [1.29, 1.82) is 0 Å². The molecule has 0 unspecified atom stereocenters. The topological polar surface area (TPSA) is 55.0 Å². The molecule has 0 saturated carbocycles. The van der Waals surface area contributed by atoms with E-state index in [1.807, 2.05) is 32.0 Å². The Morgan fingerprint density at radius 1 is 1.37 bits per heavy atom. The van der Waals surface area contributed by atoms with Gasteiger partial charge in [-0.15, -0.1) is 0 Å². The Balaban J connectivity index is 2.49. The average Bonchev–Trinajstić information content (AvgIpc) is 2.69. The van der Waals surface area contributed by atoms with Crippen molar-refractivity contribution < 1.29 is 9.53 Å². The number of carbonyl (C=O) groups is 1. The molecule has 0 aliphatic carbocycles. The van der Waals surface area contributed by atoms with E-state index in [1.165, 1.54) is 0 Å². The molecule has 2 rings (SSSR count). The predicted octanol–water partition coefficient (Wildman–Crippen LogP) is 2.83. The van der Waals surface area contributed by atoms with E-state index in [-0.39, 0.29) is 5.78 Å². The van der Waals surface area contributed by atoms with E-state index >= 15 is 0 Å². The Morgan fingerprint density at radius 2 is 2.11 bits per heavy atom. The van der Waals surface area contributed by atoms with Crippen molar-refractivity contribution >= 4 is 5.78 Å². The maximum Gasteiger partial charge on any atom is 0.137 e. The maximum atomic E-state index is 11.2. The summed E-state index contributed by atoms with van der Waals surface area (Å²) in [6, 6.07) is 5.98. The van der Waals surface area contributed by atoms with Crippen molar-refractivity contribution in [3.8, 4) is 17.0 Å². The number of hydrogen-bond donors (Lipinski definition) is 1. The summed E-state index contributed by atoms with van der Waals surface area (Å²) in [5, 5.41) is 0. The van der Waals surface area contributed by atoms with Crippen molar-refractivity contribution in [2.45, 2.75) is 27.2 Å². The van der Waals surface area contributed by atoms with Gasteiger partial charge in [0.1, 0.15) is 17.4 Å². The second kappa shape index (κ2) is 5.26. The fourth-order valence-electron chi connectivity index (χ4n) is 2.11. The first-order valence-electron chi connectivity index (χ1n) is 6.21. The van der Waals surface area contributed by atoms with E-state index in [0.29, 0.717) is 12.2 Å². The van der Waals surface area contributed by atoms with Crippen LogP contribution >= 0.6 is 0 Å². The third-order valence-electron chi connectivity index (χ3n) is 2.96. The Bertz CT molecular complexity index is 615. The molecule has 0 spiro atoms. The molecule has 1 aromatic carbocycles. The first kappa shape index (κ1) is 13.3. The van der Waals surface area contributed by atoms with Crippen molar-refractivity contribution in [1.82, 2.24) is 9.97 Å². The predicted molar refractivity (Wildman–Crippen MR) is 74.4 cm³/mol. The highest BCUT2D eigenvalue weighted by Crippen LogP contribution is 2.31. The van der Waals surface area contributed by atoms with Gasteiger partial charge in [0.2, 0.25) is 0 Å². The van der Waals surface area contributed by atoms with E-state index in [2.05, 4.69) is 9.97 Å². The lowest BCUT2D eigenvalue weighted by molar-refractivity contribution is -0.116. The number of carbonyl (C=O) groups excluding carboxylic acids is 1. The second-order valence-electron chi connectivity index (χ2n) is 4.74. The van der Waals surface area contributed by atoms with Crippen LogP contribution in [0.5, 0.6) is 5.75 Å². The Labute approximate surface area is 112 Å². The van der Waals surface area contributed by atoms with E-state index in [9.17, 15) is 4.79 Å². The van der Waals surface area contributed by atoms with Crippen molar-refractivity contribution in [2.75, 3.05) is 7.11 Å². The van der Waals surface area contributed by atoms with Crippen LogP contribution in [0.15, 0.2) is 18.2 Å². The molecule has 1 aromatic heterocycles. The molecule has 0 aliphatic rings. The number of methoxy groups -OCH3 is 1. The van der Waals surface area contributed by atoms with E-state index in [0.717, 1.165) is 28.3 Å². The third kappa shape index (κ3) is 2.84. The molecule has 0 atom stereocenters. The maximum absolute atomic E-state index is 11.2. The molecule has 0 aliphatic heterocycles. The van der Waals surface area contributed by atoms with Crippen LogP contribution in [0, 0.1) is 13.8 Å². The zero-order chi connectivity index (χ0) is 14.0. The molecular formula is C15H18N2O2. The van der Waals surface area contributed by atoms with E-state index < -0.39 is 0 Å². The number of aryl methyl sites for hydroxylation is 2. The number of ketones is 1. The third-order valence-corrected chi connectivity index (χ3v) is 2.96.